The third kappa shape index (κ3) is 7.59. The molecule has 3 N–H and O–H groups in total. The van der Waals surface area contributed by atoms with Gasteiger partial charge in [0.15, 0.2) is 6.29 Å². The van der Waals surface area contributed by atoms with Crippen LogP contribution in [0.5, 0.6) is 0 Å². The van der Waals surface area contributed by atoms with E-state index in [0.717, 1.165) is 41.6 Å². The minimum Gasteiger partial charge on any atom is -0.392 e. The van der Waals surface area contributed by atoms with Crippen LogP contribution in [0.3, 0.4) is 0 Å². The quantitative estimate of drug-likeness (QED) is 0.395. The van der Waals surface area contributed by atoms with Crippen molar-refractivity contribution in [3.05, 3.63) is 65.2 Å². The van der Waals surface area contributed by atoms with Crippen molar-refractivity contribution in [2.75, 3.05) is 11.9 Å². The number of carbonyl (C=O) groups is 2. The number of hydrogen-bond acceptors (Lipinski definition) is 6. The molecule has 3 fully saturated rings. The molecule has 0 radical (unpaired) electrons. The zero-order chi connectivity index (χ0) is 29.9. The number of rotatable bonds is 7. The number of anilines is 1. The summed E-state index contributed by atoms with van der Waals surface area (Å²) in [6.07, 6.45) is 6.50. The molecule has 6 atom stereocenters. The minimum atomic E-state index is -0.591. The molecular formula is C34H47N3O5. The van der Waals surface area contributed by atoms with E-state index in [1.165, 1.54) is 26.2 Å². The summed E-state index contributed by atoms with van der Waals surface area (Å²) in [6.45, 7) is 8.27. The van der Waals surface area contributed by atoms with Crippen LogP contribution < -0.4 is 10.6 Å². The lowest BCUT2D eigenvalue weighted by Crippen LogP contribution is -2.61. The Morgan fingerprint density at radius 1 is 0.929 bits per heavy atom. The SMILES string of the molecule is CC(=O)Nc1ccc(C2OC(CN3C(C(=O)NC(C)(C)C)CCC4CCCCC43)CC(c3ccc(CO)cc3)O2)cc1. The highest BCUT2D eigenvalue weighted by Crippen LogP contribution is 2.42. The van der Waals surface area contributed by atoms with Gasteiger partial charge in [0.1, 0.15) is 0 Å². The summed E-state index contributed by atoms with van der Waals surface area (Å²) in [5, 5.41) is 15.6. The van der Waals surface area contributed by atoms with E-state index in [0.29, 0.717) is 24.9 Å². The van der Waals surface area contributed by atoms with Gasteiger partial charge in [-0.05, 0) is 75.6 Å². The summed E-state index contributed by atoms with van der Waals surface area (Å²) in [5.41, 5.74) is 3.20. The van der Waals surface area contributed by atoms with E-state index in [1.807, 2.05) is 69.3 Å². The van der Waals surface area contributed by atoms with Gasteiger partial charge in [-0.3, -0.25) is 14.5 Å². The van der Waals surface area contributed by atoms with Gasteiger partial charge in [-0.15, -0.1) is 0 Å². The number of hydrogen-bond donors (Lipinski definition) is 3. The van der Waals surface area contributed by atoms with Gasteiger partial charge in [-0.2, -0.15) is 0 Å². The van der Waals surface area contributed by atoms with Crippen molar-refractivity contribution in [3.8, 4) is 0 Å². The number of piperidine rings is 1. The average Bonchev–Trinajstić information content (AvgIpc) is 2.96. The Morgan fingerprint density at radius 2 is 1.62 bits per heavy atom. The Kier molecular flexibility index (Phi) is 9.67. The first-order valence-electron chi connectivity index (χ1n) is 15.6. The van der Waals surface area contributed by atoms with Crippen LogP contribution in [0.25, 0.3) is 0 Å². The first-order chi connectivity index (χ1) is 20.1. The summed E-state index contributed by atoms with van der Waals surface area (Å²) in [4.78, 5) is 27.6. The fraction of sp³-hybridized carbons (Fsp3) is 0.588. The van der Waals surface area contributed by atoms with Crippen molar-refractivity contribution in [1.29, 1.82) is 0 Å². The van der Waals surface area contributed by atoms with Crippen LogP contribution in [0.4, 0.5) is 5.69 Å². The average molecular weight is 578 g/mol. The zero-order valence-corrected chi connectivity index (χ0v) is 25.5. The van der Waals surface area contributed by atoms with Gasteiger partial charge in [-0.25, -0.2) is 0 Å². The second-order valence-corrected chi connectivity index (χ2v) is 13.3. The van der Waals surface area contributed by atoms with E-state index < -0.39 is 6.29 Å². The van der Waals surface area contributed by atoms with Gasteiger partial charge >= 0.3 is 0 Å². The molecule has 8 heteroatoms. The molecule has 228 valence electrons. The molecular weight excluding hydrogens is 530 g/mol. The number of amides is 2. The fourth-order valence-corrected chi connectivity index (χ4v) is 6.92. The summed E-state index contributed by atoms with van der Waals surface area (Å²) >= 11 is 0. The van der Waals surface area contributed by atoms with Crippen LogP contribution in [-0.4, -0.2) is 52.1 Å². The number of fused-ring (bicyclic) bond motifs is 1. The number of likely N-dealkylation sites (tertiary alicyclic amines) is 1. The van der Waals surface area contributed by atoms with Crippen LogP contribution in [0.1, 0.15) is 102 Å². The smallest absolute Gasteiger partial charge is 0.237 e. The minimum absolute atomic E-state index is 0.00363. The van der Waals surface area contributed by atoms with Crippen molar-refractivity contribution in [2.24, 2.45) is 5.92 Å². The molecule has 42 heavy (non-hydrogen) atoms. The van der Waals surface area contributed by atoms with Crippen LogP contribution >= 0.6 is 0 Å². The van der Waals surface area contributed by atoms with E-state index in [-0.39, 0.29) is 42.2 Å². The van der Waals surface area contributed by atoms with Crippen LogP contribution in [0, 0.1) is 5.92 Å². The van der Waals surface area contributed by atoms with E-state index in [4.69, 9.17) is 9.47 Å². The molecule has 5 rings (SSSR count). The second-order valence-electron chi connectivity index (χ2n) is 13.3. The van der Waals surface area contributed by atoms with Gasteiger partial charge in [0.2, 0.25) is 11.8 Å². The first-order valence-corrected chi connectivity index (χ1v) is 15.6. The fourth-order valence-electron chi connectivity index (χ4n) is 6.92. The molecule has 0 aromatic heterocycles. The summed E-state index contributed by atoms with van der Waals surface area (Å²) in [5.74, 6) is 0.614. The molecule has 2 heterocycles. The number of ether oxygens (including phenoxy) is 2. The van der Waals surface area contributed by atoms with E-state index in [9.17, 15) is 14.7 Å². The van der Waals surface area contributed by atoms with Crippen molar-refractivity contribution in [3.63, 3.8) is 0 Å². The topological polar surface area (TPSA) is 100 Å². The molecule has 2 aromatic rings. The zero-order valence-electron chi connectivity index (χ0n) is 25.5. The Hall–Kier alpha value is -2.78. The van der Waals surface area contributed by atoms with Crippen molar-refractivity contribution >= 4 is 17.5 Å². The van der Waals surface area contributed by atoms with Gasteiger partial charge < -0.3 is 25.2 Å². The number of benzene rings is 2. The third-order valence-electron chi connectivity index (χ3n) is 8.84. The largest absolute Gasteiger partial charge is 0.392 e. The second kappa shape index (κ2) is 13.2. The van der Waals surface area contributed by atoms with Crippen molar-refractivity contribution in [2.45, 2.75) is 115 Å². The highest BCUT2D eigenvalue weighted by molar-refractivity contribution is 5.88. The Balaban J connectivity index is 1.41. The van der Waals surface area contributed by atoms with Crippen LogP contribution in [-0.2, 0) is 25.7 Å². The monoisotopic (exact) mass is 577 g/mol. The van der Waals surface area contributed by atoms with Crippen molar-refractivity contribution in [1.82, 2.24) is 10.2 Å². The first kappa shape index (κ1) is 30.7. The molecule has 0 spiro atoms. The maximum Gasteiger partial charge on any atom is 0.237 e. The maximum atomic E-state index is 13.6. The summed E-state index contributed by atoms with van der Waals surface area (Å²) in [6, 6.07) is 15.7. The highest BCUT2D eigenvalue weighted by atomic mass is 16.7. The Bertz CT molecular complexity index is 1210. The maximum absolute atomic E-state index is 13.6. The van der Waals surface area contributed by atoms with E-state index >= 15 is 0 Å². The molecule has 2 aliphatic heterocycles. The molecule has 2 aromatic carbocycles. The number of nitrogens with one attached hydrogen (secondary N) is 2. The standard InChI is InChI=1S/C34H47N3O5/c1-22(39)35-27-16-13-26(14-17-27)33-41-28(19-31(42-33)25-11-9-23(21-38)10-12-25)20-37-29-8-6-5-7-24(29)15-18-30(37)32(40)36-34(2,3)4/h9-14,16-17,24,28-31,33,38H,5-8,15,18-21H2,1-4H3,(H,35,39)(H,36,40). The summed E-state index contributed by atoms with van der Waals surface area (Å²) in [7, 11) is 0. The molecule has 1 saturated carbocycles. The van der Waals surface area contributed by atoms with Gasteiger partial charge in [0, 0.05) is 42.7 Å². The third-order valence-corrected chi connectivity index (χ3v) is 8.84. The summed E-state index contributed by atoms with van der Waals surface area (Å²) < 4.78 is 13.2. The molecule has 2 amide bonds. The lowest BCUT2D eigenvalue weighted by molar-refractivity contribution is -0.255. The van der Waals surface area contributed by atoms with Crippen molar-refractivity contribution < 1.29 is 24.2 Å². The molecule has 0 bridgehead atoms. The predicted molar refractivity (Wildman–Crippen MR) is 163 cm³/mol. The molecule has 1 aliphatic carbocycles. The van der Waals surface area contributed by atoms with Gasteiger partial charge in [-0.1, -0.05) is 49.2 Å². The van der Waals surface area contributed by atoms with Crippen LogP contribution in [0.2, 0.25) is 0 Å². The van der Waals surface area contributed by atoms with E-state index in [2.05, 4.69) is 15.5 Å². The number of carbonyl (C=O) groups excluding carboxylic acids is 2. The normalized spacial score (nSPS) is 28.5. The molecule has 3 aliphatic rings. The number of aliphatic hydroxyl groups excluding tert-OH is 1. The van der Waals surface area contributed by atoms with E-state index in [1.54, 1.807) is 0 Å². The lowest BCUT2D eigenvalue weighted by atomic mass is 9.75. The Labute approximate surface area is 250 Å². The van der Waals surface area contributed by atoms with Gasteiger partial charge in [0.25, 0.3) is 0 Å². The predicted octanol–water partition coefficient (Wildman–Crippen LogP) is 5.62. The highest BCUT2D eigenvalue weighted by Gasteiger charge is 2.44. The van der Waals surface area contributed by atoms with Crippen LogP contribution in [0.15, 0.2) is 48.5 Å². The number of nitrogens with zero attached hydrogens (tertiary/aromatic N) is 1. The Morgan fingerprint density at radius 3 is 2.29 bits per heavy atom. The van der Waals surface area contributed by atoms with Gasteiger partial charge in [0.05, 0.1) is 24.9 Å². The molecule has 6 unspecified atom stereocenters. The lowest BCUT2D eigenvalue weighted by Gasteiger charge is -2.50. The molecule has 8 nitrogen and oxygen atoms in total. The molecule has 2 saturated heterocycles. The number of aliphatic hydroxyl groups is 1.